The fraction of sp³-hybridized carbons (Fsp3) is 0.200. The van der Waals surface area contributed by atoms with Crippen LogP contribution in [0.1, 0.15) is 94.4 Å². The van der Waals surface area contributed by atoms with Gasteiger partial charge in [0.05, 0.1) is 0 Å². The lowest BCUT2D eigenvalue weighted by atomic mass is 10.1. The molecule has 4 aliphatic carbocycles. The van der Waals surface area contributed by atoms with Crippen molar-refractivity contribution in [3.8, 4) is 0 Å². The molecule has 0 heterocycles. The van der Waals surface area contributed by atoms with Crippen LogP contribution >= 0.6 is 0 Å². The summed E-state index contributed by atoms with van der Waals surface area (Å²) < 4.78 is 0. The predicted molar refractivity (Wildman–Crippen MR) is 177 cm³/mol. The third-order valence-corrected chi connectivity index (χ3v) is 17.6. The van der Waals surface area contributed by atoms with E-state index in [0.29, 0.717) is 22.2 Å². The lowest BCUT2D eigenvalue weighted by Crippen LogP contribution is -2.58. The normalized spacial score (nSPS) is 24.9. The first-order valence-electron chi connectivity index (χ1n) is 15.1. The molecule has 4 aromatic carbocycles. The van der Waals surface area contributed by atoms with E-state index in [1.807, 2.05) is 0 Å². The van der Waals surface area contributed by atoms with E-state index in [4.69, 9.17) is 0 Å². The Kier molecular flexibility index (Phi) is 5.47. The molecule has 0 saturated carbocycles. The van der Waals surface area contributed by atoms with Crippen molar-refractivity contribution in [2.24, 2.45) is 0 Å². The second-order valence-electron chi connectivity index (χ2n) is 12.8. The van der Waals surface area contributed by atoms with Crippen molar-refractivity contribution in [3.05, 3.63) is 164 Å². The summed E-state index contributed by atoms with van der Waals surface area (Å²) in [5, 5.41) is 0. The summed E-state index contributed by atoms with van der Waals surface area (Å²) in [7, 11) is -2.59. The molecule has 0 nitrogen and oxygen atoms in total. The minimum absolute atomic E-state index is 0.400. The SMILES string of the molecule is CC1=Cc2ccccc2C1[Si](C1C(C)=Cc2ccccc21)(C1C(C)=Cc2ccccc21)C1C(C)=Cc2ccccc21. The van der Waals surface area contributed by atoms with E-state index in [0.717, 1.165) is 0 Å². The Morgan fingerprint density at radius 3 is 0.805 bits per heavy atom. The van der Waals surface area contributed by atoms with Crippen molar-refractivity contribution < 1.29 is 0 Å². The monoisotopic (exact) mass is 544 g/mol. The minimum Gasteiger partial charge on any atom is -0.0678 e. The lowest BCUT2D eigenvalue weighted by molar-refractivity contribution is 0.815. The summed E-state index contributed by atoms with van der Waals surface area (Å²) in [6, 6.07) is 37.2. The molecule has 4 atom stereocenters. The molecular formula is C40H36Si. The number of benzene rings is 4. The van der Waals surface area contributed by atoms with Gasteiger partial charge in [-0.05, 0) is 72.2 Å². The van der Waals surface area contributed by atoms with E-state index < -0.39 is 8.07 Å². The third-order valence-electron chi connectivity index (χ3n) is 10.6. The van der Waals surface area contributed by atoms with Crippen LogP contribution in [0.2, 0.25) is 0 Å². The zero-order chi connectivity index (χ0) is 27.9. The Balaban J connectivity index is 1.55. The minimum atomic E-state index is -2.59. The molecule has 4 aromatic rings. The summed E-state index contributed by atoms with van der Waals surface area (Å²) in [6.07, 6.45) is 10.1. The quantitative estimate of drug-likeness (QED) is 0.224. The van der Waals surface area contributed by atoms with Crippen molar-refractivity contribution in [1.82, 2.24) is 0 Å². The molecule has 4 unspecified atom stereocenters. The Bertz CT molecular complexity index is 1590. The van der Waals surface area contributed by atoms with Gasteiger partial charge in [0.15, 0.2) is 0 Å². The van der Waals surface area contributed by atoms with Gasteiger partial charge in [-0.2, -0.15) is 0 Å². The fourth-order valence-corrected chi connectivity index (χ4v) is 18.3. The van der Waals surface area contributed by atoms with Gasteiger partial charge in [-0.25, -0.2) is 0 Å². The summed E-state index contributed by atoms with van der Waals surface area (Å²) in [6.45, 7) is 9.75. The van der Waals surface area contributed by atoms with Gasteiger partial charge in [-0.15, -0.1) is 0 Å². The highest BCUT2D eigenvalue weighted by atomic mass is 28.3. The Morgan fingerprint density at radius 1 is 0.341 bits per heavy atom. The van der Waals surface area contributed by atoms with Crippen LogP contribution in [0, 0.1) is 0 Å². The molecule has 0 spiro atoms. The number of hydrogen-bond acceptors (Lipinski definition) is 0. The molecule has 0 N–H and O–H groups in total. The highest BCUT2D eigenvalue weighted by Crippen LogP contribution is 2.66. The van der Waals surface area contributed by atoms with Gasteiger partial charge in [-0.3, -0.25) is 0 Å². The van der Waals surface area contributed by atoms with Gasteiger partial charge in [-0.1, -0.05) is 144 Å². The fourth-order valence-electron chi connectivity index (χ4n) is 9.57. The van der Waals surface area contributed by atoms with Crippen LogP contribution in [-0.4, -0.2) is 8.07 Å². The molecular weight excluding hydrogens is 509 g/mol. The average molecular weight is 545 g/mol. The molecule has 200 valence electrons. The largest absolute Gasteiger partial charge is 0.101 e. The van der Waals surface area contributed by atoms with Crippen LogP contribution in [0.5, 0.6) is 0 Å². The molecule has 0 aromatic heterocycles. The highest BCUT2D eigenvalue weighted by Gasteiger charge is 2.64. The maximum absolute atomic E-state index is 2.59. The van der Waals surface area contributed by atoms with Crippen molar-refractivity contribution in [3.63, 3.8) is 0 Å². The van der Waals surface area contributed by atoms with Gasteiger partial charge in [0.2, 0.25) is 0 Å². The third kappa shape index (κ3) is 3.33. The Morgan fingerprint density at radius 2 is 0.561 bits per heavy atom. The molecule has 41 heavy (non-hydrogen) atoms. The predicted octanol–water partition coefficient (Wildman–Crippen LogP) is 10.4. The van der Waals surface area contributed by atoms with Gasteiger partial charge >= 0.3 is 0 Å². The van der Waals surface area contributed by atoms with E-state index in [1.54, 1.807) is 44.5 Å². The Hall–Kier alpha value is -3.94. The summed E-state index contributed by atoms with van der Waals surface area (Å²) in [4.78, 5) is 0. The van der Waals surface area contributed by atoms with Gasteiger partial charge in [0.1, 0.15) is 8.07 Å². The number of rotatable bonds is 4. The molecule has 0 radical (unpaired) electrons. The average Bonchev–Trinajstić information content (AvgIpc) is 3.69. The van der Waals surface area contributed by atoms with Crippen LogP contribution in [0.15, 0.2) is 119 Å². The standard InChI is InChI=1S/C40H36Si/c1-25-21-29-13-5-9-17-33(29)37(25)41(38-26(2)22-30-14-6-10-18-34(30)38,39-27(3)23-31-15-7-11-19-35(31)39)40-28(4)24-32-16-8-12-20-36(32)40/h5-24,37-40H,1-4H3. The van der Waals surface area contributed by atoms with Crippen LogP contribution in [0.4, 0.5) is 0 Å². The van der Waals surface area contributed by atoms with E-state index >= 15 is 0 Å². The molecule has 4 aliphatic rings. The summed E-state index contributed by atoms with van der Waals surface area (Å²) >= 11 is 0. The van der Waals surface area contributed by atoms with Gasteiger partial charge < -0.3 is 0 Å². The molecule has 0 saturated heterocycles. The highest BCUT2D eigenvalue weighted by molar-refractivity contribution is 6.88. The van der Waals surface area contributed by atoms with E-state index in [2.05, 4.69) is 149 Å². The first-order valence-corrected chi connectivity index (χ1v) is 17.4. The van der Waals surface area contributed by atoms with Crippen LogP contribution in [0.25, 0.3) is 24.3 Å². The Labute approximate surface area is 245 Å². The lowest BCUT2D eigenvalue weighted by Gasteiger charge is -2.54. The van der Waals surface area contributed by atoms with Crippen LogP contribution in [0.3, 0.4) is 0 Å². The van der Waals surface area contributed by atoms with E-state index in [1.165, 1.54) is 22.3 Å². The van der Waals surface area contributed by atoms with Crippen molar-refractivity contribution >= 4 is 32.4 Å². The second kappa shape index (κ2) is 9.03. The number of hydrogen-bond donors (Lipinski definition) is 0. The van der Waals surface area contributed by atoms with E-state index in [-0.39, 0.29) is 0 Å². The first kappa shape index (κ1) is 24.8. The van der Waals surface area contributed by atoms with Crippen LogP contribution in [-0.2, 0) is 0 Å². The molecule has 1 heteroatoms. The summed E-state index contributed by atoms with van der Waals surface area (Å²) in [5.41, 5.74) is 19.6. The number of allylic oxidation sites excluding steroid dienone is 4. The van der Waals surface area contributed by atoms with Gasteiger partial charge in [0.25, 0.3) is 0 Å². The molecule has 0 amide bonds. The maximum atomic E-state index is 2.52. The topological polar surface area (TPSA) is 0 Å². The second-order valence-corrected chi connectivity index (χ2v) is 17.1. The zero-order valence-corrected chi connectivity index (χ0v) is 25.4. The smallest absolute Gasteiger partial charge is 0.0678 e. The molecule has 0 fully saturated rings. The number of fused-ring (bicyclic) bond motifs is 4. The zero-order valence-electron chi connectivity index (χ0n) is 24.4. The van der Waals surface area contributed by atoms with E-state index in [9.17, 15) is 0 Å². The van der Waals surface area contributed by atoms with Crippen LogP contribution < -0.4 is 0 Å². The van der Waals surface area contributed by atoms with Gasteiger partial charge in [0, 0.05) is 22.2 Å². The summed E-state index contributed by atoms with van der Waals surface area (Å²) in [5.74, 6) is 0. The van der Waals surface area contributed by atoms with Crippen molar-refractivity contribution in [1.29, 1.82) is 0 Å². The molecule has 0 bridgehead atoms. The molecule has 0 aliphatic heterocycles. The molecule has 8 rings (SSSR count). The maximum Gasteiger partial charge on any atom is 0.101 e. The van der Waals surface area contributed by atoms with Crippen molar-refractivity contribution in [2.75, 3.05) is 0 Å². The van der Waals surface area contributed by atoms with Crippen molar-refractivity contribution in [2.45, 2.75) is 49.9 Å². The first-order chi connectivity index (χ1) is 20.0.